The molecule has 0 aromatic rings. The first-order chi connectivity index (χ1) is 14.3. The van der Waals surface area contributed by atoms with Crippen molar-refractivity contribution in [3.05, 3.63) is 0 Å². The highest BCUT2D eigenvalue weighted by molar-refractivity contribution is 4.83. The molecule has 0 aliphatic heterocycles. The minimum atomic E-state index is 0.874. The molecule has 0 bridgehead atoms. The molecule has 0 saturated heterocycles. The summed E-state index contributed by atoms with van der Waals surface area (Å²) in [4.78, 5) is 0. The Labute approximate surface area is 186 Å². The Balaban J connectivity index is 3.06. The molecule has 0 amide bonds. The van der Waals surface area contributed by atoms with Crippen molar-refractivity contribution in [2.75, 3.05) is 0 Å². The van der Waals surface area contributed by atoms with Crippen LogP contribution in [0, 0.1) is 18.3 Å². The van der Waals surface area contributed by atoms with E-state index in [9.17, 15) is 0 Å². The molecule has 172 valence electrons. The van der Waals surface area contributed by atoms with Crippen molar-refractivity contribution in [3.8, 4) is 12.3 Å². The van der Waals surface area contributed by atoms with Gasteiger partial charge in [-0.15, -0.1) is 12.3 Å². The Morgan fingerprint density at radius 1 is 0.483 bits per heavy atom. The lowest BCUT2D eigenvalue weighted by Crippen LogP contribution is -1.94. The Hall–Kier alpha value is -0.440. The molecule has 0 rings (SSSR count). The van der Waals surface area contributed by atoms with Gasteiger partial charge in [-0.05, 0) is 18.8 Å². The molecular weight excluding hydrogens is 348 g/mol. The van der Waals surface area contributed by atoms with Crippen molar-refractivity contribution in [1.29, 1.82) is 0 Å². The average molecular weight is 405 g/mol. The molecule has 1 atom stereocenters. The second-order valence-corrected chi connectivity index (χ2v) is 9.71. The Bertz CT molecular complexity index is 323. The molecule has 0 fully saturated rings. The van der Waals surface area contributed by atoms with E-state index in [1.807, 2.05) is 0 Å². The highest BCUT2D eigenvalue weighted by Gasteiger charge is 2.01. The average Bonchev–Trinajstić information content (AvgIpc) is 2.72. The smallest absolute Gasteiger partial charge is 0.00861 e. The Morgan fingerprint density at radius 2 is 0.793 bits per heavy atom. The maximum atomic E-state index is 5.32. The summed E-state index contributed by atoms with van der Waals surface area (Å²) in [6.45, 7) is 4.70. The van der Waals surface area contributed by atoms with Crippen LogP contribution in [0.3, 0.4) is 0 Å². The fourth-order valence-electron chi connectivity index (χ4n) is 4.44. The molecule has 0 heterocycles. The Morgan fingerprint density at radius 3 is 1.14 bits per heavy atom. The van der Waals surface area contributed by atoms with E-state index in [4.69, 9.17) is 6.42 Å². The summed E-state index contributed by atoms with van der Waals surface area (Å²) >= 11 is 0. The van der Waals surface area contributed by atoms with Crippen molar-refractivity contribution < 1.29 is 0 Å². The predicted octanol–water partition coefficient (Wildman–Crippen LogP) is 10.6. The second kappa shape index (κ2) is 25.6. The van der Waals surface area contributed by atoms with Crippen LogP contribution in [0.1, 0.15) is 168 Å². The third-order valence-electron chi connectivity index (χ3n) is 6.57. The lowest BCUT2D eigenvalue weighted by molar-refractivity contribution is 0.445. The van der Waals surface area contributed by atoms with Gasteiger partial charge in [0.05, 0.1) is 0 Å². The third kappa shape index (κ3) is 25.5. The summed E-state index contributed by atoms with van der Waals surface area (Å²) in [7, 11) is 0. The van der Waals surface area contributed by atoms with E-state index in [-0.39, 0.29) is 0 Å². The molecule has 0 aliphatic rings. The summed E-state index contributed by atoms with van der Waals surface area (Å²) in [5, 5.41) is 0. The molecule has 0 aromatic carbocycles. The molecule has 1 unspecified atom stereocenters. The van der Waals surface area contributed by atoms with Gasteiger partial charge in [0, 0.05) is 6.42 Å². The topological polar surface area (TPSA) is 0 Å². The maximum Gasteiger partial charge on any atom is 0.00861 e. The van der Waals surface area contributed by atoms with E-state index in [2.05, 4.69) is 19.8 Å². The standard InChI is InChI=1S/C29H56/c1-4-6-8-9-10-11-12-13-14-15-16-17-18-19-20-21-22-23-24-26-28-29(3)27-25-7-5-2/h2,29H,4,6-28H2,1,3H3. The minimum Gasteiger partial charge on any atom is -0.120 e. The van der Waals surface area contributed by atoms with Gasteiger partial charge in [-0.3, -0.25) is 0 Å². The van der Waals surface area contributed by atoms with E-state index in [0.717, 1.165) is 12.3 Å². The largest absolute Gasteiger partial charge is 0.120 e. The minimum absolute atomic E-state index is 0.874. The molecule has 0 saturated carbocycles. The Kier molecular flexibility index (Phi) is 25.2. The molecule has 0 nitrogen and oxygen atoms in total. The fraction of sp³-hybridized carbons (Fsp3) is 0.931. The van der Waals surface area contributed by atoms with Crippen LogP contribution >= 0.6 is 0 Å². The van der Waals surface area contributed by atoms with Gasteiger partial charge in [0.15, 0.2) is 0 Å². The van der Waals surface area contributed by atoms with Gasteiger partial charge in [0.1, 0.15) is 0 Å². The van der Waals surface area contributed by atoms with Gasteiger partial charge in [0.2, 0.25) is 0 Å². The lowest BCUT2D eigenvalue weighted by atomic mass is 9.96. The van der Waals surface area contributed by atoms with Crippen molar-refractivity contribution >= 4 is 0 Å². The van der Waals surface area contributed by atoms with Crippen molar-refractivity contribution in [3.63, 3.8) is 0 Å². The summed E-state index contributed by atoms with van der Waals surface area (Å²) in [6, 6.07) is 0. The quantitative estimate of drug-likeness (QED) is 0.111. The highest BCUT2D eigenvalue weighted by atomic mass is 14.1. The summed E-state index contributed by atoms with van der Waals surface area (Å²) in [5.74, 6) is 3.63. The van der Waals surface area contributed by atoms with E-state index in [1.165, 1.54) is 148 Å². The number of terminal acetylenes is 1. The van der Waals surface area contributed by atoms with E-state index in [1.54, 1.807) is 0 Å². The van der Waals surface area contributed by atoms with Crippen LogP contribution in [0.25, 0.3) is 0 Å². The van der Waals surface area contributed by atoms with Crippen molar-refractivity contribution in [1.82, 2.24) is 0 Å². The number of hydrogen-bond acceptors (Lipinski definition) is 0. The lowest BCUT2D eigenvalue weighted by Gasteiger charge is -2.09. The highest BCUT2D eigenvalue weighted by Crippen LogP contribution is 2.18. The molecule has 29 heavy (non-hydrogen) atoms. The number of rotatable bonds is 24. The first-order valence-corrected chi connectivity index (χ1v) is 13.7. The van der Waals surface area contributed by atoms with Gasteiger partial charge in [0.25, 0.3) is 0 Å². The van der Waals surface area contributed by atoms with Gasteiger partial charge < -0.3 is 0 Å². The first-order valence-electron chi connectivity index (χ1n) is 13.7. The molecule has 0 radical (unpaired) electrons. The van der Waals surface area contributed by atoms with Crippen LogP contribution in [-0.4, -0.2) is 0 Å². The van der Waals surface area contributed by atoms with Gasteiger partial charge in [-0.2, -0.15) is 0 Å². The van der Waals surface area contributed by atoms with Crippen LogP contribution < -0.4 is 0 Å². The number of unbranched alkanes of at least 4 members (excludes halogenated alkanes) is 20. The molecule has 0 spiro atoms. The molecule has 0 heteroatoms. The van der Waals surface area contributed by atoms with Gasteiger partial charge in [-0.1, -0.05) is 149 Å². The van der Waals surface area contributed by atoms with Crippen LogP contribution in [0.15, 0.2) is 0 Å². The third-order valence-corrected chi connectivity index (χ3v) is 6.57. The van der Waals surface area contributed by atoms with Crippen LogP contribution in [0.2, 0.25) is 0 Å². The molecule has 0 aliphatic carbocycles. The maximum absolute atomic E-state index is 5.32. The van der Waals surface area contributed by atoms with Gasteiger partial charge >= 0.3 is 0 Å². The van der Waals surface area contributed by atoms with E-state index >= 15 is 0 Å². The normalized spacial score (nSPS) is 12.2. The molecule has 0 aromatic heterocycles. The van der Waals surface area contributed by atoms with Crippen LogP contribution in [0.4, 0.5) is 0 Å². The summed E-state index contributed by atoms with van der Waals surface area (Å²) < 4.78 is 0. The van der Waals surface area contributed by atoms with Crippen LogP contribution in [0.5, 0.6) is 0 Å². The predicted molar refractivity (Wildman–Crippen MR) is 134 cm³/mol. The van der Waals surface area contributed by atoms with E-state index in [0.29, 0.717) is 0 Å². The van der Waals surface area contributed by atoms with Crippen molar-refractivity contribution in [2.24, 2.45) is 5.92 Å². The SMILES string of the molecule is C#CCCCC(C)CCCCCCCCCCCCCCCCCCCCCC. The monoisotopic (exact) mass is 404 g/mol. The zero-order chi connectivity index (χ0) is 21.3. The summed E-state index contributed by atoms with van der Waals surface area (Å²) in [5.41, 5.74) is 0. The van der Waals surface area contributed by atoms with E-state index < -0.39 is 0 Å². The molecular formula is C29H56. The van der Waals surface area contributed by atoms with Crippen molar-refractivity contribution in [2.45, 2.75) is 168 Å². The van der Waals surface area contributed by atoms with Gasteiger partial charge in [-0.25, -0.2) is 0 Å². The first kappa shape index (κ1) is 28.6. The zero-order valence-electron chi connectivity index (χ0n) is 20.6. The van der Waals surface area contributed by atoms with Crippen LogP contribution in [-0.2, 0) is 0 Å². The fourth-order valence-corrected chi connectivity index (χ4v) is 4.44. The molecule has 0 N–H and O–H groups in total. The summed E-state index contributed by atoms with van der Waals surface area (Å²) in [6.07, 6.45) is 39.5. The number of hydrogen-bond donors (Lipinski definition) is 0. The zero-order valence-corrected chi connectivity index (χ0v) is 20.6. The second-order valence-electron chi connectivity index (χ2n) is 9.71.